The molecule has 0 saturated carbocycles. The number of ether oxygens (including phenoxy) is 1. The summed E-state index contributed by atoms with van der Waals surface area (Å²) < 4.78 is 4.58. The molecule has 1 rings (SSSR count). The van der Waals surface area contributed by atoms with E-state index in [0.717, 1.165) is 6.08 Å². The number of nitrogens with zero attached hydrogens (tertiary/aromatic N) is 1. The van der Waals surface area contributed by atoms with Crippen LogP contribution < -0.4 is 11.1 Å². The standard InChI is InChI=1S/C7H9N3O3/c1-2-13-5(11)3-4-6(12)10-7(8)9-4/h3H,2H2,1H3,(H3,8,9,10,12)/b4-3+. The number of hydrogen-bond acceptors (Lipinski definition) is 5. The van der Waals surface area contributed by atoms with Crippen LogP contribution in [0.5, 0.6) is 0 Å². The fourth-order valence-corrected chi connectivity index (χ4v) is 0.782. The van der Waals surface area contributed by atoms with E-state index in [4.69, 9.17) is 5.73 Å². The van der Waals surface area contributed by atoms with Gasteiger partial charge in [0.15, 0.2) is 0 Å². The lowest BCUT2D eigenvalue weighted by Gasteiger charge is -1.94. The highest BCUT2D eigenvalue weighted by Crippen LogP contribution is 2.02. The van der Waals surface area contributed by atoms with Gasteiger partial charge in [0, 0.05) is 0 Å². The molecule has 6 heteroatoms. The largest absolute Gasteiger partial charge is 0.463 e. The second-order valence-electron chi connectivity index (χ2n) is 2.23. The third-order valence-corrected chi connectivity index (χ3v) is 1.26. The molecule has 0 aliphatic carbocycles. The zero-order chi connectivity index (χ0) is 9.84. The van der Waals surface area contributed by atoms with E-state index in [1.165, 1.54) is 0 Å². The summed E-state index contributed by atoms with van der Waals surface area (Å²) in [5.41, 5.74) is 5.16. The average Bonchev–Trinajstić information content (AvgIpc) is 2.30. The number of esters is 1. The Kier molecular flexibility index (Phi) is 2.63. The Morgan fingerprint density at radius 2 is 2.46 bits per heavy atom. The summed E-state index contributed by atoms with van der Waals surface area (Å²) in [6.45, 7) is 1.92. The van der Waals surface area contributed by atoms with Gasteiger partial charge in [-0.25, -0.2) is 9.79 Å². The zero-order valence-electron chi connectivity index (χ0n) is 7.03. The Bertz CT molecular complexity index is 306. The fourth-order valence-electron chi connectivity index (χ4n) is 0.782. The first-order valence-corrected chi connectivity index (χ1v) is 3.67. The van der Waals surface area contributed by atoms with Crippen molar-refractivity contribution < 1.29 is 14.3 Å². The summed E-state index contributed by atoms with van der Waals surface area (Å²) in [5.74, 6) is -1.11. The Morgan fingerprint density at radius 1 is 1.77 bits per heavy atom. The van der Waals surface area contributed by atoms with Crippen molar-refractivity contribution in [1.29, 1.82) is 0 Å². The molecule has 3 N–H and O–H groups in total. The lowest BCUT2D eigenvalue weighted by atomic mass is 10.4. The van der Waals surface area contributed by atoms with E-state index >= 15 is 0 Å². The lowest BCUT2D eigenvalue weighted by Crippen LogP contribution is -2.30. The summed E-state index contributed by atoms with van der Waals surface area (Å²) >= 11 is 0. The van der Waals surface area contributed by atoms with E-state index in [9.17, 15) is 9.59 Å². The number of rotatable bonds is 2. The molecule has 1 heterocycles. The molecule has 70 valence electrons. The Balaban J connectivity index is 2.71. The number of aliphatic imine (C=N–C) groups is 1. The van der Waals surface area contributed by atoms with Crippen LogP contribution in [0, 0.1) is 0 Å². The van der Waals surface area contributed by atoms with Gasteiger partial charge in [0.05, 0.1) is 12.7 Å². The molecule has 0 aromatic heterocycles. The summed E-state index contributed by atoms with van der Waals surface area (Å²) in [6.07, 6.45) is 0.999. The molecule has 0 bridgehead atoms. The average molecular weight is 183 g/mol. The van der Waals surface area contributed by atoms with Crippen molar-refractivity contribution in [2.75, 3.05) is 6.61 Å². The van der Waals surface area contributed by atoms with Gasteiger partial charge < -0.3 is 10.5 Å². The molecule has 1 aliphatic rings. The van der Waals surface area contributed by atoms with Gasteiger partial charge in [0.2, 0.25) is 5.96 Å². The van der Waals surface area contributed by atoms with E-state index < -0.39 is 11.9 Å². The minimum Gasteiger partial charge on any atom is -0.463 e. The second kappa shape index (κ2) is 3.70. The van der Waals surface area contributed by atoms with Gasteiger partial charge >= 0.3 is 5.97 Å². The summed E-state index contributed by atoms with van der Waals surface area (Å²) in [7, 11) is 0. The summed E-state index contributed by atoms with van der Waals surface area (Å²) in [5, 5.41) is 2.23. The Hall–Kier alpha value is -1.85. The fraction of sp³-hybridized carbons (Fsp3) is 0.286. The van der Waals surface area contributed by atoms with Gasteiger partial charge in [0.25, 0.3) is 5.91 Å². The highest BCUT2D eigenvalue weighted by Gasteiger charge is 2.18. The smallest absolute Gasteiger partial charge is 0.333 e. The van der Waals surface area contributed by atoms with E-state index in [1.807, 2.05) is 0 Å². The van der Waals surface area contributed by atoms with Crippen LogP contribution in [0.3, 0.4) is 0 Å². The topological polar surface area (TPSA) is 93.8 Å². The van der Waals surface area contributed by atoms with Crippen molar-refractivity contribution in [3.05, 3.63) is 11.8 Å². The third-order valence-electron chi connectivity index (χ3n) is 1.26. The predicted octanol–water partition coefficient (Wildman–Crippen LogP) is -1.12. The summed E-state index contributed by atoms with van der Waals surface area (Å²) in [6, 6.07) is 0. The van der Waals surface area contributed by atoms with Crippen molar-refractivity contribution in [2.45, 2.75) is 6.92 Å². The third kappa shape index (κ3) is 2.29. The van der Waals surface area contributed by atoms with Crippen LogP contribution in [-0.4, -0.2) is 24.4 Å². The van der Waals surface area contributed by atoms with Gasteiger partial charge in [0.1, 0.15) is 5.70 Å². The highest BCUT2D eigenvalue weighted by atomic mass is 16.5. The molecule has 13 heavy (non-hydrogen) atoms. The van der Waals surface area contributed by atoms with Crippen molar-refractivity contribution in [3.63, 3.8) is 0 Å². The molecule has 1 amide bonds. The van der Waals surface area contributed by atoms with Gasteiger partial charge in [-0.2, -0.15) is 0 Å². The first-order chi connectivity index (χ1) is 6.13. The number of carbonyl (C=O) groups is 2. The summed E-state index contributed by atoms with van der Waals surface area (Å²) in [4.78, 5) is 25.4. The highest BCUT2D eigenvalue weighted by molar-refractivity contribution is 6.13. The Labute approximate surface area is 74.5 Å². The van der Waals surface area contributed by atoms with Crippen molar-refractivity contribution in [2.24, 2.45) is 10.7 Å². The van der Waals surface area contributed by atoms with Crippen molar-refractivity contribution in [3.8, 4) is 0 Å². The second-order valence-corrected chi connectivity index (χ2v) is 2.23. The zero-order valence-corrected chi connectivity index (χ0v) is 7.03. The number of guanidine groups is 1. The van der Waals surface area contributed by atoms with Gasteiger partial charge in [-0.15, -0.1) is 0 Å². The van der Waals surface area contributed by atoms with Gasteiger partial charge in [-0.1, -0.05) is 0 Å². The molecule has 0 radical (unpaired) electrons. The van der Waals surface area contributed by atoms with E-state index in [2.05, 4.69) is 15.0 Å². The van der Waals surface area contributed by atoms with Crippen LogP contribution in [0.4, 0.5) is 0 Å². The van der Waals surface area contributed by atoms with Crippen LogP contribution >= 0.6 is 0 Å². The molecule has 0 unspecified atom stereocenters. The first kappa shape index (κ1) is 9.24. The molecule has 0 fully saturated rings. The van der Waals surface area contributed by atoms with Crippen molar-refractivity contribution >= 4 is 17.8 Å². The molecule has 0 saturated heterocycles. The molecule has 6 nitrogen and oxygen atoms in total. The van der Waals surface area contributed by atoms with Crippen LogP contribution in [0.25, 0.3) is 0 Å². The molecular formula is C7H9N3O3. The molecule has 0 atom stereocenters. The number of nitrogens with two attached hydrogens (primary N) is 1. The number of hydrogen-bond donors (Lipinski definition) is 2. The maximum Gasteiger partial charge on any atom is 0.333 e. The SMILES string of the molecule is CCOC(=O)/C=C1/N=C(N)NC1=O. The van der Waals surface area contributed by atoms with E-state index in [1.54, 1.807) is 6.92 Å². The monoisotopic (exact) mass is 183 g/mol. The maximum absolute atomic E-state index is 10.9. The van der Waals surface area contributed by atoms with Crippen LogP contribution in [0.15, 0.2) is 16.8 Å². The molecule has 1 aliphatic heterocycles. The van der Waals surface area contributed by atoms with Crippen molar-refractivity contribution in [1.82, 2.24) is 5.32 Å². The molecule has 0 spiro atoms. The quantitative estimate of drug-likeness (QED) is 0.418. The molecule has 0 aromatic rings. The predicted molar refractivity (Wildman–Crippen MR) is 44.5 cm³/mol. The minimum absolute atomic E-state index is 0.0134. The normalized spacial score (nSPS) is 18.4. The van der Waals surface area contributed by atoms with Gasteiger partial charge in [-0.3, -0.25) is 10.1 Å². The van der Waals surface area contributed by atoms with Crippen LogP contribution in [0.1, 0.15) is 6.92 Å². The van der Waals surface area contributed by atoms with E-state index in [0.29, 0.717) is 0 Å². The van der Waals surface area contributed by atoms with Crippen LogP contribution in [-0.2, 0) is 14.3 Å². The maximum atomic E-state index is 10.9. The van der Waals surface area contributed by atoms with E-state index in [-0.39, 0.29) is 18.3 Å². The van der Waals surface area contributed by atoms with Gasteiger partial charge in [-0.05, 0) is 6.92 Å². The minimum atomic E-state index is -0.605. The number of amides is 1. The Morgan fingerprint density at radius 3 is 2.92 bits per heavy atom. The molecular weight excluding hydrogens is 174 g/mol. The number of carbonyl (C=O) groups excluding carboxylic acids is 2. The first-order valence-electron chi connectivity index (χ1n) is 3.67. The molecule has 0 aromatic carbocycles. The van der Waals surface area contributed by atoms with Crippen LogP contribution in [0.2, 0.25) is 0 Å². The lowest BCUT2D eigenvalue weighted by molar-refractivity contribution is -0.137. The number of nitrogens with one attached hydrogen (secondary N) is 1.